The largest absolute Gasteiger partial charge is 0.448 e. The summed E-state index contributed by atoms with van der Waals surface area (Å²) in [5.41, 5.74) is 6.65. The van der Waals surface area contributed by atoms with Gasteiger partial charge in [-0.3, -0.25) is 93.2 Å². The van der Waals surface area contributed by atoms with Gasteiger partial charge < -0.3 is 4.74 Å². The molecule has 0 rings (SSSR count). The van der Waals surface area contributed by atoms with E-state index in [-0.39, 0.29) is 40.5 Å². The lowest BCUT2D eigenvalue weighted by molar-refractivity contribution is -0.488. The topological polar surface area (TPSA) is 305 Å². The smallest absolute Gasteiger partial charge is 0.307 e. The molecule has 0 saturated heterocycles. The number of hydrogen-bond acceptors (Lipinski definition) is 20. The number of ketones is 8. The molecule has 0 aliphatic rings. The third-order valence-corrected chi connectivity index (χ3v) is 14.6. The van der Waals surface area contributed by atoms with Gasteiger partial charge in [0.1, 0.15) is 34.7 Å². The third-order valence-electron chi connectivity index (χ3n) is 14.6. The highest BCUT2D eigenvalue weighted by Crippen LogP contribution is 2.14. The van der Waals surface area contributed by atoms with Crippen LogP contribution in [0.25, 0.3) is 0 Å². The number of carbonyl (C=O) groups excluding carboxylic acids is 9. The number of nitrogens with zero attached hydrogens (tertiary/aromatic N) is 9. The van der Waals surface area contributed by atoms with Crippen LogP contribution in [0, 0.1) is 16.0 Å². The van der Waals surface area contributed by atoms with Gasteiger partial charge in [-0.2, -0.15) is 0 Å². The van der Waals surface area contributed by atoms with Crippen molar-refractivity contribution in [3.8, 4) is 0 Å². The molecule has 0 aliphatic heterocycles. The molecule has 21 nitrogen and oxygen atoms in total. The Bertz CT molecular complexity index is 2560. The zero-order valence-corrected chi connectivity index (χ0v) is 71.6. The van der Waals surface area contributed by atoms with E-state index in [9.17, 15) is 53.3 Å². The van der Waals surface area contributed by atoms with E-state index < -0.39 is 28.8 Å². The van der Waals surface area contributed by atoms with Gasteiger partial charge in [0.05, 0.1) is 11.4 Å². The standard InChI is InChI=1S/C15H29NO.C13H25NO.C11H21NO.C10H17NO3.2C9H17NO.C8H14N2O3.C8H15NO/c1-4-5-6-7-8-9-10-11-12-16-14(2)13-15(3)17;1-5-7-8-13(6-2)10-14-11(3)9-12(4)15;1-4-5-6-7-8-12-10(2)9-11(3)13;1-5-6-11-7(2)10(8(3)12)14-9(4)13;1-5-7(2)10-8(3)6-9(4)11;1-4-5-6-10-8(2)7-9(3)11;1-4-5-9-6(2)8(7(3)11)10(12)13;1-6(2)9-7(3)5-8(4)10/h4-13H2,1-3H3;13H,5-10H2,1-4H3;4-9H2,1-3H3;10H,5-6H2,1-4H3;7H,5-6H2,1-4H3;4-7H2,1-3H3;8H,4-5H2,1-3H3;6H,5H2,1-4H3. The number of Topliss-reactive ketones (excluding diaryl/α,β-unsaturated/α-hetero) is 8. The summed E-state index contributed by atoms with van der Waals surface area (Å²) in [5, 5.41) is 10.4. The molecule has 0 N–H and O–H groups in total. The molecule has 104 heavy (non-hydrogen) atoms. The molecule has 0 aliphatic carbocycles. The van der Waals surface area contributed by atoms with Crippen LogP contribution >= 0.6 is 0 Å². The average molecular weight is 1470 g/mol. The highest BCUT2D eigenvalue weighted by Gasteiger charge is 2.29. The number of carbonyl (C=O) groups is 9. The molecule has 0 bridgehead atoms. The Labute approximate surface area is 634 Å². The molecular formula is C83H155N9O12. The van der Waals surface area contributed by atoms with Gasteiger partial charge in [0.25, 0.3) is 0 Å². The molecule has 0 aromatic heterocycles. The Kier molecular flexibility index (Phi) is 88.0. The van der Waals surface area contributed by atoms with Crippen LogP contribution in [-0.2, 0) is 47.9 Å². The summed E-state index contributed by atoms with van der Waals surface area (Å²) >= 11 is 0. The summed E-state index contributed by atoms with van der Waals surface area (Å²) in [5.74, 6) is 0.761. The monoisotopic (exact) mass is 1470 g/mol. The van der Waals surface area contributed by atoms with E-state index in [1.807, 2.05) is 69.2 Å². The molecule has 21 heteroatoms. The van der Waals surface area contributed by atoms with Gasteiger partial charge in [0.15, 0.2) is 11.9 Å². The predicted molar refractivity (Wildman–Crippen MR) is 444 cm³/mol. The zero-order chi connectivity index (χ0) is 82.0. The molecule has 0 fully saturated rings. The average Bonchev–Trinajstić information content (AvgIpc) is 0.899. The van der Waals surface area contributed by atoms with E-state index in [0.29, 0.717) is 81.0 Å². The molecule has 0 heterocycles. The maximum atomic E-state index is 11.1. The first-order valence-corrected chi connectivity index (χ1v) is 39.0. The van der Waals surface area contributed by atoms with E-state index >= 15 is 0 Å². The SMILES string of the molecule is CC(=O)CC(C)=NC(C)C.CCC(C)N=C(C)CC(C)=O.CCCCC(CC)CN=C(C)CC(C)=O.CCCCCCCCCCN=C(C)CC(C)=O.CCCCCCN=C(C)CC(C)=O.CCCCN=C(C)CC(C)=O.CCCN=C(C)C(C(C)=O)[N+](=O)[O-].CCCN=C(C)C(OC(C)=O)C(C)=O. The Morgan fingerprint density at radius 2 is 0.673 bits per heavy atom. The van der Waals surface area contributed by atoms with Crippen molar-refractivity contribution >= 4 is 97.9 Å². The second kappa shape index (κ2) is 80.7. The van der Waals surface area contributed by atoms with E-state index in [4.69, 9.17) is 4.74 Å². The Morgan fingerprint density at radius 3 is 0.981 bits per heavy atom. The maximum absolute atomic E-state index is 11.1. The summed E-state index contributed by atoms with van der Waals surface area (Å²) in [6.07, 6.45) is 27.9. The van der Waals surface area contributed by atoms with Crippen molar-refractivity contribution < 1.29 is 52.8 Å². The van der Waals surface area contributed by atoms with E-state index in [1.54, 1.807) is 48.5 Å². The van der Waals surface area contributed by atoms with Crippen LogP contribution in [0.4, 0.5) is 0 Å². The number of ether oxygens (including phenoxy) is 1. The fraction of sp³-hybridized carbons (Fsp3) is 0.795. The molecule has 0 radical (unpaired) electrons. The van der Waals surface area contributed by atoms with Crippen molar-refractivity contribution in [3.05, 3.63) is 10.1 Å². The summed E-state index contributed by atoms with van der Waals surface area (Å²) in [4.78, 5) is 141. The second-order valence-corrected chi connectivity index (χ2v) is 27.5. The van der Waals surface area contributed by atoms with Crippen LogP contribution in [0.5, 0.6) is 0 Å². The lowest BCUT2D eigenvalue weighted by Crippen LogP contribution is -2.34. The molecule has 0 aromatic carbocycles. The minimum Gasteiger partial charge on any atom is -0.448 e. The van der Waals surface area contributed by atoms with E-state index in [1.165, 1.54) is 124 Å². The van der Waals surface area contributed by atoms with E-state index in [2.05, 4.69) is 88.4 Å². The van der Waals surface area contributed by atoms with Gasteiger partial charge in [-0.05, 0) is 175 Å². The fourth-order valence-corrected chi connectivity index (χ4v) is 9.31. The van der Waals surface area contributed by atoms with Crippen molar-refractivity contribution in [1.29, 1.82) is 0 Å². The van der Waals surface area contributed by atoms with Crippen LogP contribution in [-0.4, -0.2) is 166 Å². The Morgan fingerprint density at radius 1 is 0.346 bits per heavy atom. The second-order valence-electron chi connectivity index (χ2n) is 27.5. The molecule has 0 aromatic rings. The van der Waals surface area contributed by atoms with Gasteiger partial charge in [-0.25, -0.2) is 0 Å². The predicted octanol–water partition coefficient (Wildman–Crippen LogP) is 20.0. The molecule has 604 valence electrons. The lowest BCUT2D eigenvalue weighted by Gasteiger charge is -2.13. The maximum Gasteiger partial charge on any atom is 0.307 e. The number of unbranched alkanes of at least 4 members (excludes halogenated alkanes) is 12. The van der Waals surface area contributed by atoms with Crippen molar-refractivity contribution in [2.45, 2.75) is 391 Å². The fourth-order valence-electron chi connectivity index (χ4n) is 9.31. The van der Waals surface area contributed by atoms with Gasteiger partial charge >= 0.3 is 12.0 Å². The first-order chi connectivity index (χ1) is 48.7. The van der Waals surface area contributed by atoms with Crippen LogP contribution in [0.1, 0.15) is 367 Å². The summed E-state index contributed by atoms with van der Waals surface area (Å²) in [6, 6.07) is -0.597. The van der Waals surface area contributed by atoms with Gasteiger partial charge in [0, 0.05) is 143 Å². The van der Waals surface area contributed by atoms with Crippen molar-refractivity contribution in [2.75, 3.05) is 39.3 Å². The summed E-state index contributed by atoms with van der Waals surface area (Å²) < 4.78 is 4.85. The Hall–Kier alpha value is -6.41. The van der Waals surface area contributed by atoms with Gasteiger partial charge in [-0.1, -0.05) is 145 Å². The molecule has 0 amide bonds. The number of esters is 1. The van der Waals surface area contributed by atoms with E-state index in [0.717, 1.165) is 99.0 Å². The molecular weight excluding hydrogens is 1310 g/mol. The summed E-state index contributed by atoms with van der Waals surface area (Å²) in [6.45, 7) is 56.1. The minimum absolute atomic E-state index is 0.182. The number of aliphatic imine (C=N–C) groups is 8. The first-order valence-electron chi connectivity index (χ1n) is 39.0. The van der Waals surface area contributed by atoms with Crippen LogP contribution in [0.2, 0.25) is 0 Å². The minimum atomic E-state index is -1.26. The molecule has 0 spiro atoms. The lowest BCUT2D eigenvalue weighted by atomic mass is 9.99. The van der Waals surface area contributed by atoms with Crippen LogP contribution in [0.15, 0.2) is 39.9 Å². The zero-order valence-electron chi connectivity index (χ0n) is 71.6. The molecule has 4 atom stereocenters. The normalized spacial score (nSPS) is 13.0. The van der Waals surface area contributed by atoms with Crippen molar-refractivity contribution in [2.24, 2.45) is 45.9 Å². The highest BCUT2D eigenvalue weighted by molar-refractivity contribution is 6.07. The van der Waals surface area contributed by atoms with Crippen LogP contribution < -0.4 is 0 Å². The van der Waals surface area contributed by atoms with Crippen LogP contribution in [0.3, 0.4) is 0 Å². The first kappa shape index (κ1) is 113. The van der Waals surface area contributed by atoms with Gasteiger partial charge in [0.2, 0.25) is 5.78 Å². The summed E-state index contributed by atoms with van der Waals surface area (Å²) in [7, 11) is 0. The number of hydrogen-bond donors (Lipinski definition) is 0. The quantitative estimate of drug-likeness (QED) is 0.0180. The third kappa shape index (κ3) is 97.6. The number of nitro groups is 1. The highest BCUT2D eigenvalue weighted by atomic mass is 16.6. The number of rotatable bonds is 48. The van der Waals surface area contributed by atoms with Crippen molar-refractivity contribution in [3.63, 3.8) is 0 Å². The van der Waals surface area contributed by atoms with Gasteiger partial charge in [-0.15, -0.1) is 0 Å². The molecule has 0 saturated carbocycles. The molecule has 4 unspecified atom stereocenters. The Balaban J connectivity index is -0.000000170. The van der Waals surface area contributed by atoms with Crippen molar-refractivity contribution in [1.82, 2.24) is 0 Å².